The third-order valence-electron chi connectivity index (χ3n) is 0.877. The van der Waals surface area contributed by atoms with Crippen molar-refractivity contribution in [1.29, 1.82) is 0 Å². The fourth-order valence-electron chi connectivity index (χ4n) is 0.454. The van der Waals surface area contributed by atoms with Gasteiger partial charge in [-0.1, -0.05) is 23.2 Å². The molecule has 0 atom stereocenters. The maximum atomic E-state index is 10.4. The van der Waals surface area contributed by atoms with Crippen molar-refractivity contribution in [1.82, 2.24) is 0 Å². The van der Waals surface area contributed by atoms with Crippen LogP contribution in [0.2, 0.25) is 9.36 Å². The predicted molar refractivity (Wildman–Crippen MR) is 51.4 cm³/mol. The molecule has 70 valence electrons. The third kappa shape index (κ3) is 2.76. The van der Waals surface area contributed by atoms with E-state index < -0.39 is 10.1 Å². The van der Waals surface area contributed by atoms with Crippen molar-refractivity contribution >= 4 is 57.1 Å². The van der Waals surface area contributed by atoms with Gasteiger partial charge in [-0.15, -0.1) is 23.7 Å². The molecule has 0 fully saturated rings. The molecule has 0 aromatic carbocycles. The Morgan fingerprint density at radius 1 is 1.42 bits per heavy atom. The zero-order chi connectivity index (χ0) is 8.65. The first kappa shape index (κ1) is 12.5. The predicted octanol–water partition coefficient (Wildman–Crippen LogP) is 2.72. The number of halogens is 3. The first-order valence-electron chi connectivity index (χ1n) is 2.33. The van der Waals surface area contributed by atoms with Crippen molar-refractivity contribution in [2.45, 2.75) is 4.21 Å². The van der Waals surface area contributed by atoms with Crippen molar-refractivity contribution in [2.24, 2.45) is 0 Å². The van der Waals surface area contributed by atoms with Crippen LogP contribution in [-0.2, 0) is 10.1 Å². The first-order valence-corrected chi connectivity index (χ1v) is 5.35. The lowest BCUT2D eigenvalue weighted by atomic mass is 10.7. The Morgan fingerprint density at radius 3 is 2.08 bits per heavy atom. The van der Waals surface area contributed by atoms with Crippen LogP contribution in [-0.4, -0.2) is 13.0 Å². The Bertz CT molecular complexity index is 349. The maximum Gasteiger partial charge on any atom is 0.304 e. The quantitative estimate of drug-likeness (QED) is 0.798. The second kappa shape index (κ2) is 4.13. The van der Waals surface area contributed by atoms with E-state index in [-0.39, 0.29) is 26.0 Å². The summed E-state index contributed by atoms with van der Waals surface area (Å²) in [5.74, 6) is 0. The Morgan fingerprint density at radius 2 is 1.92 bits per heavy atom. The van der Waals surface area contributed by atoms with Gasteiger partial charge in [-0.05, 0) is 6.07 Å². The number of thiophene rings is 1. The van der Waals surface area contributed by atoms with Crippen molar-refractivity contribution in [3.8, 4) is 0 Å². The molecule has 0 aliphatic carbocycles. The van der Waals surface area contributed by atoms with Gasteiger partial charge in [-0.3, -0.25) is 4.55 Å². The highest BCUT2D eigenvalue weighted by Gasteiger charge is 2.15. The van der Waals surface area contributed by atoms with Crippen LogP contribution in [0.4, 0.5) is 0 Å². The minimum atomic E-state index is -4.15. The van der Waals surface area contributed by atoms with E-state index in [9.17, 15) is 8.42 Å². The van der Waals surface area contributed by atoms with Gasteiger partial charge in [0.2, 0.25) is 0 Å². The minimum Gasteiger partial charge on any atom is -0.281 e. The second-order valence-corrected chi connectivity index (χ2v) is 5.37. The average molecular weight is 270 g/mol. The van der Waals surface area contributed by atoms with Crippen LogP contribution in [0.15, 0.2) is 10.3 Å². The third-order valence-corrected chi connectivity index (χ3v) is 4.05. The molecule has 0 aliphatic heterocycles. The molecule has 0 saturated heterocycles. The van der Waals surface area contributed by atoms with Gasteiger partial charge in [0.05, 0.1) is 5.02 Å². The molecule has 1 rings (SSSR count). The molecule has 0 radical (unpaired) electrons. The number of rotatable bonds is 1. The summed E-state index contributed by atoms with van der Waals surface area (Å²) in [5, 5.41) is 0.129. The highest BCUT2D eigenvalue weighted by Crippen LogP contribution is 2.33. The van der Waals surface area contributed by atoms with E-state index >= 15 is 0 Å². The van der Waals surface area contributed by atoms with Crippen LogP contribution in [0.3, 0.4) is 0 Å². The van der Waals surface area contributed by atoms with Gasteiger partial charge in [-0.25, -0.2) is 0 Å². The lowest BCUT2D eigenvalue weighted by Gasteiger charge is -1.85. The largest absolute Gasteiger partial charge is 0.304 e. The molecule has 0 bridgehead atoms. The van der Waals surface area contributed by atoms with E-state index in [0.29, 0.717) is 11.3 Å². The highest BCUT2D eigenvalue weighted by atomic mass is 35.5. The van der Waals surface area contributed by atoms with Crippen LogP contribution in [0, 0.1) is 0 Å². The van der Waals surface area contributed by atoms with Crippen molar-refractivity contribution < 1.29 is 13.0 Å². The lowest BCUT2D eigenvalue weighted by Crippen LogP contribution is -1.93. The van der Waals surface area contributed by atoms with Crippen LogP contribution in [0.1, 0.15) is 0 Å². The van der Waals surface area contributed by atoms with Crippen LogP contribution in [0.5, 0.6) is 0 Å². The van der Waals surface area contributed by atoms with Crippen molar-refractivity contribution in [3.05, 3.63) is 15.4 Å². The maximum absolute atomic E-state index is 10.4. The molecule has 1 aromatic heterocycles. The Hall–Kier alpha value is 0.480. The van der Waals surface area contributed by atoms with E-state index in [0.717, 1.165) is 6.07 Å². The summed E-state index contributed by atoms with van der Waals surface area (Å²) in [5.41, 5.74) is 0. The molecular weight excluding hydrogens is 267 g/mol. The summed E-state index contributed by atoms with van der Waals surface area (Å²) < 4.78 is 29.3. The highest BCUT2D eigenvalue weighted by molar-refractivity contribution is 7.88. The fraction of sp³-hybridized carbons (Fsp3) is 0. The van der Waals surface area contributed by atoms with Crippen molar-refractivity contribution in [3.63, 3.8) is 0 Å². The molecule has 0 aliphatic rings. The molecule has 0 saturated carbocycles. The average Bonchev–Trinajstić information content (AvgIpc) is 2.11. The zero-order valence-corrected chi connectivity index (χ0v) is 9.28. The van der Waals surface area contributed by atoms with E-state index in [1.165, 1.54) is 0 Å². The molecule has 1 heterocycles. The lowest BCUT2D eigenvalue weighted by molar-refractivity contribution is 0.485. The Balaban J connectivity index is 0.00000121. The smallest absolute Gasteiger partial charge is 0.281 e. The normalized spacial score (nSPS) is 10.9. The topological polar surface area (TPSA) is 54.4 Å². The number of hydrogen-bond acceptors (Lipinski definition) is 3. The van der Waals surface area contributed by atoms with E-state index in [4.69, 9.17) is 27.8 Å². The fourth-order valence-corrected chi connectivity index (χ4v) is 2.70. The van der Waals surface area contributed by atoms with E-state index in [1.807, 2.05) is 0 Å². The monoisotopic (exact) mass is 268 g/mol. The van der Waals surface area contributed by atoms with E-state index in [2.05, 4.69) is 0 Å². The van der Waals surface area contributed by atoms with Gasteiger partial charge in [0.15, 0.2) is 0 Å². The molecule has 0 amide bonds. The van der Waals surface area contributed by atoms with E-state index in [1.54, 1.807) is 0 Å². The molecule has 1 aromatic rings. The zero-order valence-electron chi connectivity index (χ0n) is 5.32. The van der Waals surface area contributed by atoms with Gasteiger partial charge in [-0.2, -0.15) is 8.42 Å². The summed E-state index contributed by atoms with van der Waals surface area (Å²) in [6.07, 6.45) is 0. The minimum absolute atomic E-state index is 0. The summed E-state index contributed by atoms with van der Waals surface area (Å²) in [4.78, 5) is 0. The van der Waals surface area contributed by atoms with Gasteiger partial charge in [0, 0.05) is 0 Å². The molecule has 1 N–H and O–H groups in total. The Labute approximate surface area is 89.5 Å². The van der Waals surface area contributed by atoms with Crippen LogP contribution in [0.25, 0.3) is 0 Å². The standard InChI is InChI=1S/C4H2Cl2O3S2.ClH/c5-2-1-3(10-4(2)6)11(7,8)9;/h1H,(H,7,8,9);1H. The van der Waals surface area contributed by atoms with Gasteiger partial charge < -0.3 is 0 Å². The summed E-state index contributed by atoms with van der Waals surface area (Å²) in [6.45, 7) is 0. The molecule has 8 heteroatoms. The number of hydrogen-bond donors (Lipinski definition) is 1. The molecule has 0 spiro atoms. The van der Waals surface area contributed by atoms with Gasteiger partial charge in [0.1, 0.15) is 8.55 Å². The van der Waals surface area contributed by atoms with Gasteiger partial charge >= 0.3 is 10.1 Å². The second-order valence-electron chi connectivity index (χ2n) is 1.66. The van der Waals surface area contributed by atoms with Crippen LogP contribution < -0.4 is 0 Å². The summed E-state index contributed by atoms with van der Waals surface area (Å²) >= 11 is 11.6. The van der Waals surface area contributed by atoms with Crippen molar-refractivity contribution in [2.75, 3.05) is 0 Å². The van der Waals surface area contributed by atoms with Gasteiger partial charge in [0.25, 0.3) is 0 Å². The molecule has 12 heavy (non-hydrogen) atoms. The molecule has 3 nitrogen and oxygen atoms in total. The SMILES string of the molecule is Cl.O=S(=O)(O)c1cc(Cl)c(Cl)s1. The Kier molecular flexibility index (Phi) is 4.29. The summed E-state index contributed by atoms with van der Waals surface area (Å²) in [6, 6.07) is 1.10. The molecular formula is C4H3Cl3O3S2. The van der Waals surface area contributed by atoms with Crippen LogP contribution >= 0.6 is 46.9 Å². The first-order chi connectivity index (χ1) is 4.91. The summed E-state index contributed by atoms with van der Waals surface area (Å²) in [7, 11) is -4.15. The molecule has 0 unspecified atom stereocenters.